The number of rotatable bonds is 4. The van der Waals surface area contributed by atoms with E-state index in [1.807, 2.05) is 0 Å². The first kappa shape index (κ1) is 18.7. The van der Waals surface area contributed by atoms with Crippen LogP contribution in [0.1, 0.15) is 19.8 Å². The Kier molecular flexibility index (Phi) is 5.83. The summed E-state index contributed by atoms with van der Waals surface area (Å²) in [6.07, 6.45) is 0.191. The zero-order valence-corrected chi connectivity index (χ0v) is 15.8. The molecular formula is C17H19ClN2O5S. The molecule has 1 aromatic carbocycles. The van der Waals surface area contributed by atoms with Gasteiger partial charge in [-0.2, -0.15) is 0 Å². The van der Waals surface area contributed by atoms with Gasteiger partial charge in [0.1, 0.15) is 12.6 Å². The van der Waals surface area contributed by atoms with Crippen LogP contribution in [0.25, 0.3) is 10.2 Å². The van der Waals surface area contributed by atoms with Gasteiger partial charge in [0.25, 0.3) is 0 Å². The van der Waals surface area contributed by atoms with Crippen molar-refractivity contribution in [3.8, 4) is 0 Å². The summed E-state index contributed by atoms with van der Waals surface area (Å²) >= 11 is 7.03. The van der Waals surface area contributed by atoms with Gasteiger partial charge in [0, 0.05) is 31.0 Å². The molecule has 1 aliphatic heterocycles. The number of hydrogen-bond acceptors (Lipinski definition) is 6. The molecule has 9 heteroatoms. The second-order valence-corrected chi connectivity index (χ2v) is 7.38. The van der Waals surface area contributed by atoms with Gasteiger partial charge in [-0.3, -0.25) is 14.2 Å². The van der Waals surface area contributed by atoms with E-state index < -0.39 is 6.16 Å². The molecule has 0 atom stereocenters. The third-order valence-corrected chi connectivity index (χ3v) is 5.42. The molecule has 1 aromatic heterocycles. The number of ether oxygens (including phenoxy) is 2. The van der Waals surface area contributed by atoms with E-state index in [1.165, 1.54) is 4.57 Å². The van der Waals surface area contributed by atoms with Crippen molar-refractivity contribution >= 4 is 45.2 Å². The van der Waals surface area contributed by atoms with Crippen molar-refractivity contribution in [2.45, 2.75) is 32.4 Å². The van der Waals surface area contributed by atoms with Crippen LogP contribution in [0.2, 0.25) is 5.02 Å². The Morgan fingerprint density at radius 2 is 2.04 bits per heavy atom. The van der Waals surface area contributed by atoms with Crippen molar-refractivity contribution in [3.05, 3.63) is 32.9 Å². The van der Waals surface area contributed by atoms with Gasteiger partial charge >= 0.3 is 11.0 Å². The molecule has 0 N–H and O–H groups in total. The maximum atomic E-state index is 12.6. The van der Waals surface area contributed by atoms with Gasteiger partial charge in [-0.25, -0.2) is 4.79 Å². The quantitative estimate of drug-likeness (QED) is 0.740. The minimum Gasteiger partial charge on any atom is -0.435 e. The minimum absolute atomic E-state index is 0.0101. The number of piperidine rings is 1. The molecule has 1 saturated heterocycles. The largest absolute Gasteiger partial charge is 0.508 e. The molecule has 0 unspecified atom stereocenters. The molecule has 0 bridgehead atoms. The average Bonchev–Trinajstić information content (AvgIpc) is 2.90. The number of thiazole rings is 1. The predicted octanol–water partition coefficient (Wildman–Crippen LogP) is 2.88. The van der Waals surface area contributed by atoms with Crippen LogP contribution in [-0.2, 0) is 20.8 Å². The predicted molar refractivity (Wildman–Crippen MR) is 98.8 cm³/mol. The topological polar surface area (TPSA) is 77.8 Å². The van der Waals surface area contributed by atoms with Gasteiger partial charge in [-0.15, -0.1) is 0 Å². The Hall–Kier alpha value is -2.06. The van der Waals surface area contributed by atoms with Crippen molar-refractivity contribution in [2.24, 2.45) is 0 Å². The second-order valence-electron chi connectivity index (χ2n) is 5.95. The molecule has 0 saturated carbocycles. The summed E-state index contributed by atoms with van der Waals surface area (Å²) < 4.78 is 12.2. The lowest BCUT2D eigenvalue weighted by atomic mass is 10.1. The summed E-state index contributed by atoms with van der Waals surface area (Å²) in [5, 5.41) is 0.556. The smallest absolute Gasteiger partial charge is 0.435 e. The molecule has 1 fully saturated rings. The van der Waals surface area contributed by atoms with Crippen LogP contribution in [0.4, 0.5) is 4.79 Å². The number of fused-ring (bicyclic) bond motifs is 1. The number of aromatic nitrogens is 1. The van der Waals surface area contributed by atoms with Crippen LogP contribution >= 0.6 is 22.9 Å². The lowest BCUT2D eigenvalue weighted by Crippen LogP contribution is -2.43. The molecule has 0 radical (unpaired) electrons. The van der Waals surface area contributed by atoms with Crippen LogP contribution in [0.5, 0.6) is 0 Å². The Morgan fingerprint density at radius 3 is 2.73 bits per heavy atom. The van der Waals surface area contributed by atoms with Crippen LogP contribution < -0.4 is 4.87 Å². The van der Waals surface area contributed by atoms with Crippen LogP contribution in [-0.4, -0.2) is 47.3 Å². The normalized spacial score (nSPS) is 15.2. The average molecular weight is 399 g/mol. The highest BCUT2D eigenvalue weighted by Gasteiger charge is 2.26. The van der Waals surface area contributed by atoms with Crippen molar-refractivity contribution in [1.29, 1.82) is 0 Å². The van der Waals surface area contributed by atoms with Gasteiger partial charge < -0.3 is 14.4 Å². The van der Waals surface area contributed by atoms with Gasteiger partial charge in [0.15, 0.2) is 0 Å². The van der Waals surface area contributed by atoms with Crippen molar-refractivity contribution in [1.82, 2.24) is 9.47 Å². The van der Waals surface area contributed by atoms with Crippen LogP contribution in [0.15, 0.2) is 23.0 Å². The molecule has 26 heavy (non-hydrogen) atoms. The highest BCUT2D eigenvalue weighted by atomic mass is 35.5. The summed E-state index contributed by atoms with van der Waals surface area (Å²) in [7, 11) is 0. The molecule has 140 valence electrons. The van der Waals surface area contributed by atoms with E-state index in [1.54, 1.807) is 30.0 Å². The fourth-order valence-electron chi connectivity index (χ4n) is 2.94. The fraction of sp³-hybridized carbons (Fsp3) is 0.471. The van der Waals surface area contributed by atoms with Crippen LogP contribution in [0.3, 0.4) is 0 Å². The Morgan fingerprint density at radius 1 is 1.31 bits per heavy atom. The Balaban J connectivity index is 1.61. The third kappa shape index (κ3) is 4.19. The second kappa shape index (κ2) is 8.09. The molecule has 1 aliphatic rings. The molecular weight excluding hydrogens is 380 g/mol. The maximum absolute atomic E-state index is 12.6. The number of carbonyl (C=O) groups excluding carboxylic acids is 2. The number of benzene rings is 1. The van der Waals surface area contributed by atoms with Crippen molar-refractivity contribution < 1.29 is 19.1 Å². The molecule has 1 amide bonds. The molecule has 2 heterocycles. The number of nitrogens with zero attached hydrogens (tertiary/aromatic N) is 2. The van der Waals surface area contributed by atoms with Gasteiger partial charge in [0.05, 0.1) is 16.8 Å². The van der Waals surface area contributed by atoms with E-state index in [0.29, 0.717) is 36.5 Å². The zero-order valence-electron chi connectivity index (χ0n) is 14.3. The van der Waals surface area contributed by atoms with Gasteiger partial charge in [-0.1, -0.05) is 22.9 Å². The highest BCUT2D eigenvalue weighted by molar-refractivity contribution is 7.16. The van der Waals surface area contributed by atoms with E-state index in [2.05, 4.69) is 0 Å². The minimum atomic E-state index is -0.674. The number of hydrogen-bond donors (Lipinski definition) is 0. The van der Waals surface area contributed by atoms with Crippen molar-refractivity contribution in [2.75, 3.05) is 19.7 Å². The molecule has 2 aromatic rings. The summed E-state index contributed by atoms with van der Waals surface area (Å²) in [5.41, 5.74) is 0.707. The summed E-state index contributed by atoms with van der Waals surface area (Å²) in [4.78, 5) is 37.6. The number of amides is 1. The van der Waals surface area contributed by atoms with Crippen LogP contribution in [0, 0.1) is 0 Å². The lowest BCUT2D eigenvalue weighted by Gasteiger charge is -2.31. The van der Waals surface area contributed by atoms with E-state index in [9.17, 15) is 14.4 Å². The standard InChI is InChI=1S/C17H19ClN2O5S/c1-2-24-17(23)25-12-5-7-19(8-6-12)15(21)10-20-13-4-3-11(18)9-14(13)26-16(20)22/h3-4,9,12H,2,5-8,10H2,1H3. The first-order chi connectivity index (χ1) is 12.5. The monoisotopic (exact) mass is 398 g/mol. The molecule has 0 aliphatic carbocycles. The first-order valence-corrected chi connectivity index (χ1v) is 9.57. The number of halogens is 1. The van der Waals surface area contributed by atoms with Gasteiger partial charge in [0.2, 0.25) is 5.91 Å². The maximum Gasteiger partial charge on any atom is 0.508 e. The summed E-state index contributed by atoms with van der Waals surface area (Å²) in [6, 6.07) is 5.18. The fourth-order valence-corrected chi connectivity index (χ4v) is 4.10. The van der Waals surface area contributed by atoms with E-state index in [4.69, 9.17) is 21.1 Å². The van der Waals surface area contributed by atoms with Gasteiger partial charge in [-0.05, 0) is 25.1 Å². The van der Waals surface area contributed by atoms with E-state index >= 15 is 0 Å². The number of likely N-dealkylation sites (tertiary alicyclic amines) is 1. The molecule has 0 spiro atoms. The lowest BCUT2D eigenvalue weighted by molar-refractivity contribution is -0.134. The Labute approximate surface area is 159 Å². The van der Waals surface area contributed by atoms with E-state index in [0.717, 1.165) is 16.0 Å². The first-order valence-electron chi connectivity index (χ1n) is 8.38. The highest BCUT2D eigenvalue weighted by Crippen LogP contribution is 2.22. The molecule has 3 rings (SSSR count). The van der Waals surface area contributed by atoms with Crippen molar-refractivity contribution in [3.63, 3.8) is 0 Å². The molecule has 7 nitrogen and oxygen atoms in total. The van der Waals surface area contributed by atoms with E-state index in [-0.39, 0.29) is 30.0 Å². The summed E-state index contributed by atoms with van der Waals surface area (Å²) in [5.74, 6) is -0.128. The zero-order chi connectivity index (χ0) is 18.7. The summed E-state index contributed by atoms with van der Waals surface area (Å²) in [6.45, 7) is 2.93. The Bertz CT molecular complexity index is 870. The number of carbonyl (C=O) groups is 2. The SMILES string of the molecule is CCOC(=O)OC1CCN(C(=O)Cn2c(=O)sc3cc(Cl)ccc32)CC1. The third-order valence-electron chi connectivity index (χ3n) is 4.24.